The average Bonchev–Trinajstić information content (AvgIpc) is 3.41. The fourth-order valence-corrected chi connectivity index (χ4v) is 3.77. The highest BCUT2D eigenvalue weighted by atomic mass is 35.5. The van der Waals surface area contributed by atoms with Crippen LogP contribution in [0.25, 0.3) is 0 Å². The number of benzene rings is 1. The first kappa shape index (κ1) is 21.9. The van der Waals surface area contributed by atoms with Crippen molar-refractivity contribution < 1.29 is 14.0 Å². The van der Waals surface area contributed by atoms with Gasteiger partial charge in [-0.2, -0.15) is 0 Å². The van der Waals surface area contributed by atoms with Crippen LogP contribution in [-0.2, 0) is 17.9 Å². The van der Waals surface area contributed by atoms with E-state index in [4.69, 9.17) is 16.0 Å². The van der Waals surface area contributed by atoms with Crippen LogP contribution in [0.5, 0.6) is 0 Å². The number of nitrogens with one attached hydrogen (secondary N) is 1. The predicted molar refractivity (Wildman–Crippen MR) is 121 cm³/mol. The van der Waals surface area contributed by atoms with Gasteiger partial charge in [0.1, 0.15) is 11.1 Å². The summed E-state index contributed by atoms with van der Waals surface area (Å²) in [6.07, 6.45) is 1.60. The van der Waals surface area contributed by atoms with Crippen molar-refractivity contribution in [2.45, 2.75) is 25.4 Å². The third kappa shape index (κ3) is 5.43. The molecule has 0 unspecified atom stereocenters. The first-order valence-electron chi connectivity index (χ1n) is 9.45. The van der Waals surface area contributed by atoms with Crippen LogP contribution in [0.4, 0.5) is 11.4 Å². The van der Waals surface area contributed by atoms with Gasteiger partial charge >= 0.3 is 0 Å². The Balaban J connectivity index is 1.92. The molecule has 2 heterocycles. The number of alkyl halides is 1. The molecule has 0 radical (unpaired) electrons. The first-order chi connectivity index (χ1) is 14.3. The van der Waals surface area contributed by atoms with E-state index in [1.807, 2.05) is 60.8 Å². The normalized spacial score (nSPS) is 11.7. The van der Waals surface area contributed by atoms with Crippen molar-refractivity contribution in [2.75, 3.05) is 24.3 Å². The highest BCUT2D eigenvalue weighted by molar-refractivity contribution is 7.12. The molecule has 1 atom stereocenters. The van der Waals surface area contributed by atoms with Crippen molar-refractivity contribution >= 4 is 46.1 Å². The lowest BCUT2D eigenvalue weighted by atomic mass is 10.1. The SMILES string of the molecule is C[C@@H](Cl)C(=O)Nc1ccc(N(C)C)c(CN(Cc2ccco2)C(=O)c2cccs2)c1. The van der Waals surface area contributed by atoms with E-state index in [0.717, 1.165) is 11.3 Å². The van der Waals surface area contributed by atoms with Gasteiger partial charge in [-0.15, -0.1) is 22.9 Å². The number of furan rings is 1. The summed E-state index contributed by atoms with van der Waals surface area (Å²) in [4.78, 5) is 29.6. The number of nitrogens with zero attached hydrogens (tertiary/aromatic N) is 2. The van der Waals surface area contributed by atoms with Crippen LogP contribution in [-0.4, -0.2) is 36.2 Å². The van der Waals surface area contributed by atoms with Crippen LogP contribution in [0.3, 0.4) is 0 Å². The smallest absolute Gasteiger partial charge is 0.264 e. The molecule has 2 amide bonds. The van der Waals surface area contributed by atoms with Gasteiger partial charge in [-0.3, -0.25) is 9.59 Å². The zero-order valence-electron chi connectivity index (χ0n) is 17.1. The van der Waals surface area contributed by atoms with E-state index in [-0.39, 0.29) is 11.8 Å². The van der Waals surface area contributed by atoms with Crippen molar-refractivity contribution in [1.29, 1.82) is 0 Å². The Morgan fingerprint density at radius 2 is 1.97 bits per heavy atom. The first-order valence-corrected chi connectivity index (χ1v) is 10.8. The topological polar surface area (TPSA) is 65.8 Å². The Labute approximate surface area is 185 Å². The zero-order chi connectivity index (χ0) is 21.7. The minimum Gasteiger partial charge on any atom is -0.467 e. The van der Waals surface area contributed by atoms with Crippen LogP contribution < -0.4 is 10.2 Å². The van der Waals surface area contributed by atoms with E-state index in [2.05, 4.69) is 5.32 Å². The van der Waals surface area contributed by atoms with Gasteiger partial charge in [-0.1, -0.05) is 6.07 Å². The summed E-state index contributed by atoms with van der Waals surface area (Å²) in [5.74, 6) is 0.351. The molecule has 158 valence electrons. The quantitative estimate of drug-likeness (QED) is 0.505. The number of halogens is 1. The molecule has 0 aliphatic carbocycles. The van der Waals surface area contributed by atoms with E-state index in [1.165, 1.54) is 11.3 Å². The summed E-state index contributed by atoms with van der Waals surface area (Å²) in [6.45, 7) is 2.31. The Kier molecular flexibility index (Phi) is 7.18. The number of hydrogen-bond donors (Lipinski definition) is 1. The molecule has 0 fully saturated rings. The van der Waals surface area contributed by atoms with Gasteiger partial charge in [-0.05, 0) is 54.3 Å². The van der Waals surface area contributed by atoms with Gasteiger partial charge in [-0.25, -0.2) is 0 Å². The molecule has 3 aromatic rings. The largest absolute Gasteiger partial charge is 0.467 e. The minimum absolute atomic E-state index is 0.0741. The van der Waals surface area contributed by atoms with Crippen LogP contribution in [0.15, 0.2) is 58.5 Å². The van der Waals surface area contributed by atoms with Crippen molar-refractivity contribution in [1.82, 2.24) is 4.90 Å². The number of rotatable bonds is 8. The molecule has 30 heavy (non-hydrogen) atoms. The maximum Gasteiger partial charge on any atom is 0.264 e. The third-order valence-corrected chi connectivity index (χ3v) is 5.55. The molecule has 0 spiro atoms. The Morgan fingerprint density at radius 3 is 2.57 bits per heavy atom. The second kappa shape index (κ2) is 9.82. The van der Waals surface area contributed by atoms with Crippen LogP contribution >= 0.6 is 22.9 Å². The molecule has 0 saturated heterocycles. The van der Waals surface area contributed by atoms with E-state index < -0.39 is 5.38 Å². The van der Waals surface area contributed by atoms with E-state index in [1.54, 1.807) is 24.2 Å². The van der Waals surface area contributed by atoms with E-state index >= 15 is 0 Å². The summed E-state index contributed by atoms with van der Waals surface area (Å²) in [5.41, 5.74) is 2.49. The van der Waals surface area contributed by atoms with Gasteiger partial charge < -0.3 is 19.5 Å². The van der Waals surface area contributed by atoms with Crippen molar-refractivity contribution in [2.24, 2.45) is 0 Å². The van der Waals surface area contributed by atoms with Crippen molar-refractivity contribution in [3.05, 3.63) is 70.3 Å². The van der Waals surface area contributed by atoms with Crippen LogP contribution in [0.1, 0.15) is 27.9 Å². The lowest BCUT2D eigenvalue weighted by molar-refractivity contribution is -0.115. The second-order valence-corrected chi connectivity index (χ2v) is 8.66. The Bertz CT molecular complexity index is 985. The van der Waals surface area contributed by atoms with Crippen molar-refractivity contribution in [3.8, 4) is 0 Å². The van der Waals surface area contributed by atoms with E-state index in [9.17, 15) is 9.59 Å². The van der Waals surface area contributed by atoms with Gasteiger partial charge in [0.05, 0.1) is 17.7 Å². The second-order valence-electron chi connectivity index (χ2n) is 7.06. The molecule has 6 nitrogen and oxygen atoms in total. The lowest BCUT2D eigenvalue weighted by Gasteiger charge is -2.25. The molecule has 1 N–H and O–H groups in total. The number of anilines is 2. The van der Waals surface area contributed by atoms with Crippen molar-refractivity contribution in [3.63, 3.8) is 0 Å². The summed E-state index contributed by atoms with van der Waals surface area (Å²) in [7, 11) is 3.88. The summed E-state index contributed by atoms with van der Waals surface area (Å²) in [5, 5.41) is 4.06. The molecule has 0 bridgehead atoms. The maximum absolute atomic E-state index is 13.2. The fourth-order valence-electron chi connectivity index (χ4n) is 3.02. The summed E-state index contributed by atoms with van der Waals surface area (Å²) >= 11 is 7.28. The summed E-state index contributed by atoms with van der Waals surface area (Å²) in [6, 6.07) is 12.9. The van der Waals surface area contributed by atoms with E-state index in [0.29, 0.717) is 29.4 Å². The fraction of sp³-hybridized carbons (Fsp3) is 0.273. The van der Waals surface area contributed by atoms with Gasteiger partial charge in [0.15, 0.2) is 0 Å². The Hall–Kier alpha value is -2.77. The minimum atomic E-state index is -0.641. The highest BCUT2D eigenvalue weighted by Crippen LogP contribution is 2.27. The van der Waals surface area contributed by atoms with Crippen LogP contribution in [0, 0.1) is 0 Å². The number of amides is 2. The van der Waals surface area contributed by atoms with Gasteiger partial charge in [0.2, 0.25) is 5.91 Å². The number of carbonyl (C=O) groups excluding carboxylic acids is 2. The van der Waals surface area contributed by atoms with Gasteiger partial charge in [0.25, 0.3) is 5.91 Å². The molecular weight excluding hydrogens is 422 g/mol. The average molecular weight is 446 g/mol. The summed E-state index contributed by atoms with van der Waals surface area (Å²) < 4.78 is 5.48. The number of hydrogen-bond acceptors (Lipinski definition) is 5. The number of thiophene rings is 1. The molecule has 0 saturated carbocycles. The molecule has 3 rings (SSSR count). The van der Waals surface area contributed by atoms with Gasteiger partial charge in [0, 0.05) is 32.0 Å². The molecule has 2 aromatic heterocycles. The highest BCUT2D eigenvalue weighted by Gasteiger charge is 2.21. The molecular formula is C22H24ClN3O3S. The standard InChI is InChI=1S/C22H24ClN3O3S/c1-15(23)21(27)24-17-8-9-19(25(2)3)16(12-17)13-26(14-18-6-4-10-29-18)22(28)20-7-5-11-30-20/h4-12,15H,13-14H2,1-3H3,(H,24,27)/t15-/m1/s1. The molecule has 8 heteroatoms. The Morgan fingerprint density at radius 1 is 1.17 bits per heavy atom. The molecule has 0 aliphatic heterocycles. The number of carbonyl (C=O) groups is 2. The lowest BCUT2D eigenvalue weighted by Crippen LogP contribution is -2.30. The maximum atomic E-state index is 13.2. The predicted octanol–water partition coefficient (Wildman–Crippen LogP) is 4.82. The monoisotopic (exact) mass is 445 g/mol. The molecule has 1 aromatic carbocycles. The zero-order valence-corrected chi connectivity index (χ0v) is 18.7. The third-order valence-electron chi connectivity index (χ3n) is 4.50. The molecule has 0 aliphatic rings. The van der Waals surface area contributed by atoms with Crippen LogP contribution in [0.2, 0.25) is 0 Å².